The van der Waals surface area contributed by atoms with E-state index in [1.165, 1.54) is 6.07 Å². The third-order valence-corrected chi connectivity index (χ3v) is 5.99. The van der Waals surface area contributed by atoms with Crippen LogP contribution in [0.5, 0.6) is 0 Å². The molecule has 0 aliphatic carbocycles. The summed E-state index contributed by atoms with van der Waals surface area (Å²) in [6.07, 6.45) is 0. The molecule has 0 aliphatic heterocycles. The van der Waals surface area contributed by atoms with Crippen molar-refractivity contribution in [2.45, 2.75) is 4.90 Å². The zero-order chi connectivity index (χ0) is 22.7. The van der Waals surface area contributed by atoms with Crippen LogP contribution in [-0.4, -0.2) is 14.3 Å². The topological polar surface area (TPSA) is 115 Å². The monoisotopic (exact) mass is 443 g/mol. The van der Waals surface area contributed by atoms with Crippen molar-refractivity contribution >= 4 is 27.3 Å². The molecule has 0 spiro atoms. The average Bonchev–Trinajstić information content (AvgIpc) is 2.79. The fourth-order valence-corrected chi connectivity index (χ4v) is 4.28. The van der Waals surface area contributed by atoms with Crippen molar-refractivity contribution in [2.75, 3.05) is 11.1 Å². The highest BCUT2D eigenvalue weighted by Gasteiger charge is 2.16. The molecular weight excluding hydrogens is 422 g/mol. The molecule has 0 saturated carbocycles. The summed E-state index contributed by atoms with van der Waals surface area (Å²) in [6, 6.07) is 28.1. The third-order valence-electron chi connectivity index (χ3n) is 5.02. The lowest BCUT2D eigenvalue weighted by molar-refractivity contribution is 0.102. The Bertz CT molecular complexity index is 1400. The quantitative estimate of drug-likeness (QED) is 0.394. The number of carbonyl (C=O) groups excluding carboxylic acids is 1. The van der Waals surface area contributed by atoms with Gasteiger partial charge in [0.1, 0.15) is 0 Å². The summed E-state index contributed by atoms with van der Waals surface area (Å²) in [6.45, 7) is 0. The Morgan fingerprint density at radius 1 is 0.719 bits per heavy atom. The van der Waals surface area contributed by atoms with Crippen molar-refractivity contribution in [1.82, 2.24) is 0 Å². The van der Waals surface area contributed by atoms with Crippen LogP contribution < -0.4 is 16.2 Å². The zero-order valence-corrected chi connectivity index (χ0v) is 17.8. The van der Waals surface area contributed by atoms with E-state index >= 15 is 0 Å². The molecule has 0 saturated heterocycles. The number of rotatable bonds is 5. The van der Waals surface area contributed by atoms with Gasteiger partial charge in [0.25, 0.3) is 5.91 Å². The minimum atomic E-state index is -3.86. The van der Waals surface area contributed by atoms with Gasteiger partial charge in [-0.3, -0.25) is 4.79 Å². The van der Waals surface area contributed by atoms with Crippen LogP contribution in [0, 0.1) is 0 Å². The minimum Gasteiger partial charge on any atom is -0.399 e. The van der Waals surface area contributed by atoms with E-state index in [0.717, 1.165) is 11.1 Å². The number of hydrogen-bond acceptors (Lipinski definition) is 4. The van der Waals surface area contributed by atoms with Gasteiger partial charge in [-0.2, -0.15) is 0 Å². The normalized spacial score (nSPS) is 11.2. The highest BCUT2D eigenvalue weighted by Crippen LogP contribution is 2.29. The van der Waals surface area contributed by atoms with Gasteiger partial charge in [-0.1, -0.05) is 60.7 Å². The summed E-state index contributed by atoms with van der Waals surface area (Å²) in [7, 11) is -3.86. The summed E-state index contributed by atoms with van der Waals surface area (Å²) in [5, 5.41) is 8.23. The number of primary sulfonamides is 1. The SMILES string of the molecule is Nc1cccc(-c2ccccc2C(=O)Nc2ccc(-c3ccccc3S(N)(=O)=O)cc2)c1. The highest BCUT2D eigenvalue weighted by molar-refractivity contribution is 7.89. The second kappa shape index (κ2) is 8.66. The Balaban J connectivity index is 1.61. The molecule has 0 radical (unpaired) electrons. The third kappa shape index (κ3) is 4.54. The van der Waals surface area contributed by atoms with Crippen molar-refractivity contribution in [3.63, 3.8) is 0 Å². The molecule has 6 nitrogen and oxygen atoms in total. The van der Waals surface area contributed by atoms with E-state index in [9.17, 15) is 13.2 Å². The molecule has 7 heteroatoms. The molecular formula is C25H21N3O3S. The summed E-state index contributed by atoms with van der Waals surface area (Å²) in [5.41, 5.74) is 10.4. The predicted octanol–water partition coefficient (Wildman–Crippen LogP) is 4.50. The Kier molecular flexibility index (Phi) is 5.77. The molecule has 4 rings (SSSR count). The molecule has 0 atom stereocenters. The van der Waals surface area contributed by atoms with Gasteiger partial charge < -0.3 is 11.1 Å². The van der Waals surface area contributed by atoms with E-state index in [1.807, 2.05) is 30.3 Å². The maximum absolute atomic E-state index is 13.0. The molecule has 4 aromatic rings. The number of nitrogens with two attached hydrogens (primary N) is 2. The number of hydrogen-bond donors (Lipinski definition) is 3. The lowest BCUT2D eigenvalue weighted by Gasteiger charge is -2.12. The first-order chi connectivity index (χ1) is 15.3. The van der Waals surface area contributed by atoms with Gasteiger partial charge >= 0.3 is 0 Å². The largest absolute Gasteiger partial charge is 0.399 e. The van der Waals surface area contributed by atoms with Crippen LogP contribution in [0.1, 0.15) is 10.4 Å². The van der Waals surface area contributed by atoms with Crippen LogP contribution in [0.3, 0.4) is 0 Å². The van der Waals surface area contributed by atoms with E-state index in [0.29, 0.717) is 28.1 Å². The first-order valence-corrected chi connectivity index (χ1v) is 11.4. The molecule has 1 amide bonds. The van der Waals surface area contributed by atoms with E-state index < -0.39 is 10.0 Å². The molecule has 4 aromatic carbocycles. The Hall–Kier alpha value is -3.94. The van der Waals surface area contributed by atoms with Crippen molar-refractivity contribution in [2.24, 2.45) is 5.14 Å². The lowest BCUT2D eigenvalue weighted by atomic mass is 9.98. The molecule has 0 aliphatic rings. The number of carbonyl (C=O) groups is 1. The smallest absolute Gasteiger partial charge is 0.256 e. The Labute approximate surface area is 186 Å². The van der Waals surface area contributed by atoms with Crippen LogP contribution in [-0.2, 0) is 10.0 Å². The van der Waals surface area contributed by atoms with Gasteiger partial charge in [0.15, 0.2) is 0 Å². The lowest BCUT2D eigenvalue weighted by Crippen LogP contribution is -2.13. The van der Waals surface area contributed by atoms with Crippen molar-refractivity contribution < 1.29 is 13.2 Å². The number of nitrogen functional groups attached to an aromatic ring is 1. The van der Waals surface area contributed by atoms with Crippen molar-refractivity contribution in [1.29, 1.82) is 0 Å². The maximum atomic E-state index is 13.0. The molecule has 5 N–H and O–H groups in total. The second-order valence-electron chi connectivity index (χ2n) is 7.24. The van der Waals surface area contributed by atoms with Crippen LogP contribution in [0.25, 0.3) is 22.3 Å². The van der Waals surface area contributed by atoms with E-state index in [1.54, 1.807) is 60.7 Å². The summed E-state index contributed by atoms with van der Waals surface area (Å²) in [5.74, 6) is -0.263. The van der Waals surface area contributed by atoms with Crippen molar-refractivity contribution in [3.8, 4) is 22.3 Å². The van der Waals surface area contributed by atoms with E-state index in [-0.39, 0.29) is 10.8 Å². The Morgan fingerprint density at radius 3 is 2.06 bits per heavy atom. The van der Waals surface area contributed by atoms with Crippen LogP contribution in [0.2, 0.25) is 0 Å². The van der Waals surface area contributed by atoms with Crippen LogP contribution in [0.15, 0.2) is 102 Å². The van der Waals surface area contributed by atoms with Gasteiger partial charge in [0.2, 0.25) is 10.0 Å². The fraction of sp³-hybridized carbons (Fsp3) is 0. The number of sulfonamides is 1. The molecule has 0 bridgehead atoms. The number of anilines is 2. The fourth-order valence-electron chi connectivity index (χ4n) is 3.52. The van der Waals surface area contributed by atoms with Gasteiger partial charge in [-0.15, -0.1) is 0 Å². The first-order valence-electron chi connectivity index (χ1n) is 9.81. The average molecular weight is 444 g/mol. The van der Waals surface area contributed by atoms with Gasteiger partial charge in [-0.05, 0) is 53.1 Å². The van der Waals surface area contributed by atoms with Crippen LogP contribution >= 0.6 is 0 Å². The predicted molar refractivity (Wildman–Crippen MR) is 127 cm³/mol. The summed E-state index contributed by atoms with van der Waals surface area (Å²) >= 11 is 0. The molecule has 160 valence electrons. The molecule has 0 fully saturated rings. The molecule has 0 unspecified atom stereocenters. The number of benzene rings is 4. The van der Waals surface area contributed by atoms with Gasteiger partial charge in [-0.25, -0.2) is 13.6 Å². The molecule has 32 heavy (non-hydrogen) atoms. The highest BCUT2D eigenvalue weighted by atomic mass is 32.2. The number of nitrogens with one attached hydrogen (secondary N) is 1. The molecule has 0 aromatic heterocycles. The van der Waals surface area contributed by atoms with Crippen molar-refractivity contribution in [3.05, 3.63) is 103 Å². The zero-order valence-electron chi connectivity index (χ0n) is 17.0. The summed E-state index contributed by atoms with van der Waals surface area (Å²) in [4.78, 5) is 13.0. The standard InChI is InChI=1S/C25H21N3O3S/c26-19-7-5-6-18(16-19)21-8-1-2-10-23(21)25(29)28-20-14-12-17(13-15-20)22-9-3-4-11-24(22)32(27,30)31/h1-16H,26H2,(H,28,29)(H2,27,30,31). The maximum Gasteiger partial charge on any atom is 0.256 e. The van der Waals surface area contributed by atoms with Gasteiger partial charge in [0, 0.05) is 22.5 Å². The molecule has 0 heterocycles. The van der Waals surface area contributed by atoms with Gasteiger partial charge in [0.05, 0.1) is 4.90 Å². The number of amides is 1. The second-order valence-corrected chi connectivity index (χ2v) is 8.77. The minimum absolute atomic E-state index is 0.0489. The first kappa shape index (κ1) is 21.3. The van der Waals surface area contributed by atoms with E-state index in [4.69, 9.17) is 10.9 Å². The summed E-state index contributed by atoms with van der Waals surface area (Å²) < 4.78 is 23.8. The Morgan fingerprint density at radius 2 is 1.38 bits per heavy atom. The van der Waals surface area contributed by atoms with E-state index in [2.05, 4.69) is 5.32 Å². The van der Waals surface area contributed by atoms with Crippen LogP contribution in [0.4, 0.5) is 11.4 Å².